The van der Waals surface area contributed by atoms with Crippen molar-refractivity contribution in [1.29, 1.82) is 0 Å². The maximum absolute atomic E-state index is 5.49. The molecule has 13 rings (SSSR count). The van der Waals surface area contributed by atoms with Gasteiger partial charge in [-0.25, -0.2) is 4.98 Å². The molecule has 2 heterocycles. The average Bonchev–Trinajstić information content (AvgIpc) is 3.90. The van der Waals surface area contributed by atoms with Gasteiger partial charge in [0.1, 0.15) is 0 Å². The van der Waals surface area contributed by atoms with E-state index in [0.29, 0.717) is 17.6 Å². The first kappa shape index (κ1) is 39.4. The molecule has 0 saturated carbocycles. The van der Waals surface area contributed by atoms with Gasteiger partial charge < -0.3 is 0 Å². The van der Waals surface area contributed by atoms with Gasteiger partial charge in [0.15, 0.2) is 11.6 Å². The van der Waals surface area contributed by atoms with Gasteiger partial charge in [-0.3, -0.25) is 4.57 Å². The van der Waals surface area contributed by atoms with Crippen LogP contribution in [0.5, 0.6) is 0 Å². The van der Waals surface area contributed by atoms with Crippen LogP contribution in [0.1, 0.15) is 22.3 Å². The molecule has 0 unspecified atom stereocenters. The van der Waals surface area contributed by atoms with Gasteiger partial charge in [-0.05, 0) is 103 Å². The summed E-state index contributed by atoms with van der Waals surface area (Å²) in [6.45, 7) is 0. The van der Waals surface area contributed by atoms with E-state index >= 15 is 0 Å². The van der Waals surface area contributed by atoms with E-state index in [1.807, 2.05) is 12.1 Å². The fraction of sp³-hybridized carbons (Fsp3) is 0.0156. The zero-order valence-corrected chi connectivity index (χ0v) is 37.0. The lowest BCUT2D eigenvalue weighted by molar-refractivity contribution is 0.769. The Morgan fingerprint density at radius 2 is 0.721 bits per heavy atom. The summed E-state index contributed by atoms with van der Waals surface area (Å²) in [6, 6.07) is 91.3. The van der Waals surface area contributed by atoms with E-state index in [1.54, 1.807) is 0 Å². The lowest BCUT2D eigenvalue weighted by Crippen LogP contribution is -2.28. The maximum Gasteiger partial charge on any atom is 0.238 e. The molecular formula is C64H42N4. The molecule has 0 atom stereocenters. The molecule has 10 aromatic carbocycles. The summed E-state index contributed by atoms with van der Waals surface area (Å²) in [7, 11) is 0. The third-order valence-electron chi connectivity index (χ3n) is 13.7. The second kappa shape index (κ2) is 16.2. The van der Waals surface area contributed by atoms with E-state index in [-0.39, 0.29) is 0 Å². The van der Waals surface area contributed by atoms with E-state index in [4.69, 9.17) is 15.0 Å². The Labute approximate surface area is 395 Å². The molecule has 0 radical (unpaired) electrons. The first-order valence-corrected chi connectivity index (χ1v) is 23.2. The first-order valence-electron chi connectivity index (χ1n) is 23.2. The minimum absolute atomic E-state index is 0.549. The van der Waals surface area contributed by atoms with Crippen LogP contribution in [-0.2, 0) is 5.41 Å². The molecule has 0 bridgehead atoms. The molecule has 0 aliphatic heterocycles. The Bertz CT molecular complexity index is 3690. The highest BCUT2D eigenvalue weighted by Gasteiger charge is 2.46. The molecule has 0 fully saturated rings. The molecule has 0 spiro atoms. The summed E-state index contributed by atoms with van der Waals surface area (Å²) in [4.78, 5) is 16.3. The van der Waals surface area contributed by atoms with E-state index in [1.165, 1.54) is 33.4 Å². The molecule has 318 valence electrons. The van der Waals surface area contributed by atoms with Gasteiger partial charge in [0, 0.05) is 21.9 Å². The van der Waals surface area contributed by atoms with Crippen molar-refractivity contribution in [3.05, 3.63) is 277 Å². The third-order valence-corrected chi connectivity index (χ3v) is 13.7. The quantitative estimate of drug-likeness (QED) is 0.153. The van der Waals surface area contributed by atoms with Crippen LogP contribution in [0, 0.1) is 0 Å². The van der Waals surface area contributed by atoms with E-state index < -0.39 is 5.41 Å². The summed E-state index contributed by atoms with van der Waals surface area (Å²) < 4.78 is 2.28. The monoisotopic (exact) mass is 866 g/mol. The predicted octanol–water partition coefficient (Wildman–Crippen LogP) is 15.7. The number of hydrogen-bond acceptors (Lipinski definition) is 3. The van der Waals surface area contributed by atoms with Crippen LogP contribution in [0.15, 0.2) is 255 Å². The first-order chi connectivity index (χ1) is 33.7. The summed E-state index contributed by atoms with van der Waals surface area (Å²) in [5.74, 6) is 1.74. The summed E-state index contributed by atoms with van der Waals surface area (Å²) >= 11 is 0. The van der Waals surface area contributed by atoms with Crippen LogP contribution in [0.2, 0.25) is 0 Å². The van der Waals surface area contributed by atoms with Gasteiger partial charge in [0.25, 0.3) is 0 Å². The Balaban J connectivity index is 1.13. The number of benzene rings is 10. The van der Waals surface area contributed by atoms with Crippen LogP contribution >= 0.6 is 0 Å². The Morgan fingerprint density at radius 3 is 1.26 bits per heavy atom. The number of hydrogen-bond donors (Lipinski definition) is 0. The Hall–Kier alpha value is -8.99. The van der Waals surface area contributed by atoms with Gasteiger partial charge in [-0.1, -0.05) is 218 Å². The van der Waals surface area contributed by atoms with Crippen molar-refractivity contribution in [2.45, 2.75) is 5.41 Å². The van der Waals surface area contributed by atoms with E-state index in [0.717, 1.165) is 66.3 Å². The Kier molecular flexibility index (Phi) is 9.36. The molecule has 0 amide bonds. The molecular weight excluding hydrogens is 825 g/mol. The molecule has 4 nitrogen and oxygen atoms in total. The molecule has 1 aliphatic rings. The van der Waals surface area contributed by atoms with E-state index in [2.05, 4.69) is 247 Å². The van der Waals surface area contributed by atoms with Gasteiger partial charge >= 0.3 is 0 Å². The molecule has 12 aromatic rings. The number of nitrogens with zero attached hydrogens (tertiary/aromatic N) is 4. The van der Waals surface area contributed by atoms with E-state index in [9.17, 15) is 0 Å². The number of fused-ring (bicyclic) bond motifs is 6. The molecule has 0 saturated heterocycles. The van der Waals surface area contributed by atoms with Gasteiger partial charge in [0.05, 0.1) is 16.4 Å². The third kappa shape index (κ3) is 6.41. The average molecular weight is 867 g/mol. The smallest absolute Gasteiger partial charge is 0.238 e. The van der Waals surface area contributed by atoms with Crippen LogP contribution < -0.4 is 0 Å². The lowest BCUT2D eigenvalue weighted by atomic mass is 9.67. The summed E-state index contributed by atoms with van der Waals surface area (Å²) in [5.41, 5.74) is 17.4. The minimum Gasteiger partial charge on any atom is -0.278 e. The molecule has 2 aromatic heterocycles. The lowest BCUT2D eigenvalue weighted by Gasteiger charge is -2.34. The van der Waals surface area contributed by atoms with Crippen molar-refractivity contribution in [3.8, 4) is 73.2 Å². The minimum atomic E-state index is -0.593. The fourth-order valence-electron chi connectivity index (χ4n) is 10.6. The zero-order valence-electron chi connectivity index (χ0n) is 37.0. The molecule has 68 heavy (non-hydrogen) atoms. The SMILES string of the molecule is c1ccc(-c2cccc(-c3nc(-c4cccc(-c5ccccc5)c4)nc(-n4c5ccc(-c6ccccc6)cc5c5cc6c(cc54)C(c4ccccc4)(c4ccccc4)c4ccccc4-6)n3)c2)cc1. The number of aromatic nitrogens is 4. The maximum atomic E-state index is 5.49. The number of rotatable bonds is 8. The highest BCUT2D eigenvalue weighted by Crippen LogP contribution is 2.57. The topological polar surface area (TPSA) is 43.6 Å². The summed E-state index contributed by atoms with van der Waals surface area (Å²) in [6.07, 6.45) is 0. The van der Waals surface area contributed by atoms with Crippen LogP contribution in [0.4, 0.5) is 0 Å². The molecule has 4 heteroatoms. The van der Waals surface area contributed by atoms with Gasteiger partial charge in [0.2, 0.25) is 5.95 Å². The second-order valence-electron chi connectivity index (χ2n) is 17.6. The van der Waals surface area contributed by atoms with Crippen molar-refractivity contribution in [2.24, 2.45) is 0 Å². The van der Waals surface area contributed by atoms with Crippen LogP contribution in [-0.4, -0.2) is 19.5 Å². The highest BCUT2D eigenvalue weighted by molar-refractivity contribution is 6.13. The molecule has 1 aliphatic carbocycles. The standard InChI is InChI=1S/C64H42N4/c1-6-20-43(21-7-1)46-26-18-28-49(38-46)61-65-62(50-29-19-27-47(39-50)44-22-8-2-9-23-44)67-63(66-61)68-59-37-36-48(45-24-10-3-11-25-45)40-55(59)56-41-54-53-34-16-17-35-57(53)64(58(54)42-60(56)68,51-30-12-4-13-31-51)52-32-14-5-15-33-52/h1-42H. The van der Waals surface area contributed by atoms with Gasteiger partial charge in [-0.2, -0.15) is 9.97 Å². The van der Waals surface area contributed by atoms with Crippen molar-refractivity contribution in [2.75, 3.05) is 0 Å². The van der Waals surface area contributed by atoms with Crippen molar-refractivity contribution in [3.63, 3.8) is 0 Å². The van der Waals surface area contributed by atoms with Gasteiger partial charge in [-0.15, -0.1) is 0 Å². The second-order valence-corrected chi connectivity index (χ2v) is 17.6. The Morgan fingerprint density at radius 1 is 0.279 bits per heavy atom. The van der Waals surface area contributed by atoms with Crippen molar-refractivity contribution >= 4 is 21.8 Å². The van der Waals surface area contributed by atoms with Crippen molar-refractivity contribution in [1.82, 2.24) is 19.5 Å². The summed E-state index contributed by atoms with van der Waals surface area (Å²) in [5, 5.41) is 2.25. The van der Waals surface area contributed by atoms with Crippen LogP contribution in [0.3, 0.4) is 0 Å². The molecule has 0 N–H and O–H groups in total. The van der Waals surface area contributed by atoms with Crippen LogP contribution in [0.25, 0.3) is 95.0 Å². The zero-order chi connectivity index (χ0) is 45.0. The highest BCUT2D eigenvalue weighted by atomic mass is 15.2. The predicted molar refractivity (Wildman–Crippen MR) is 279 cm³/mol. The normalized spacial score (nSPS) is 12.5. The largest absolute Gasteiger partial charge is 0.278 e. The van der Waals surface area contributed by atoms with Crippen molar-refractivity contribution < 1.29 is 0 Å². The fourth-order valence-corrected chi connectivity index (χ4v) is 10.6.